The van der Waals surface area contributed by atoms with Gasteiger partial charge in [0.2, 0.25) is 0 Å². The normalized spacial score (nSPS) is 10.2. The van der Waals surface area contributed by atoms with Crippen LogP contribution < -0.4 is 11.1 Å². The van der Waals surface area contributed by atoms with E-state index in [9.17, 15) is 9.18 Å². The Hall–Kier alpha value is -2.37. The standard InChI is InChI=1S/C11H11FN4O/c12-8-3-1-2-7(10(8)13)11(17)16-6-9-14-4-5-15-9/h1-5H,6,13H2,(H,14,15)(H,16,17). The quantitative estimate of drug-likeness (QED) is 0.694. The van der Waals surface area contributed by atoms with E-state index in [0.717, 1.165) is 0 Å². The molecule has 0 unspecified atom stereocenters. The van der Waals surface area contributed by atoms with Gasteiger partial charge in [-0.1, -0.05) is 6.07 Å². The van der Waals surface area contributed by atoms with Crippen molar-refractivity contribution in [2.75, 3.05) is 5.73 Å². The lowest BCUT2D eigenvalue weighted by molar-refractivity contribution is 0.0950. The molecule has 17 heavy (non-hydrogen) atoms. The van der Waals surface area contributed by atoms with E-state index in [1.807, 2.05) is 0 Å². The van der Waals surface area contributed by atoms with E-state index in [4.69, 9.17) is 5.73 Å². The molecule has 0 aliphatic carbocycles. The number of benzene rings is 1. The first kappa shape index (κ1) is 11.1. The SMILES string of the molecule is Nc1c(F)cccc1C(=O)NCc1ncc[nH]1. The number of amides is 1. The average molecular weight is 234 g/mol. The van der Waals surface area contributed by atoms with Crippen LogP contribution in [0, 0.1) is 5.82 Å². The molecule has 0 aliphatic heterocycles. The Labute approximate surface area is 96.9 Å². The minimum atomic E-state index is -0.601. The van der Waals surface area contributed by atoms with Crippen LogP contribution in [0.5, 0.6) is 0 Å². The van der Waals surface area contributed by atoms with Crippen LogP contribution >= 0.6 is 0 Å². The Kier molecular flexibility index (Phi) is 3.04. The van der Waals surface area contributed by atoms with Crippen LogP contribution in [-0.2, 0) is 6.54 Å². The molecule has 2 rings (SSSR count). The molecule has 1 heterocycles. The fourth-order valence-electron chi connectivity index (χ4n) is 1.39. The van der Waals surface area contributed by atoms with E-state index in [1.165, 1.54) is 18.2 Å². The molecule has 1 aromatic heterocycles. The van der Waals surface area contributed by atoms with Gasteiger partial charge in [-0.2, -0.15) is 0 Å². The summed E-state index contributed by atoms with van der Waals surface area (Å²) in [6, 6.07) is 4.11. The van der Waals surface area contributed by atoms with E-state index >= 15 is 0 Å². The number of nitrogens with one attached hydrogen (secondary N) is 2. The van der Waals surface area contributed by atoms with Crippen molar-refractivity contribution >= 4 is 11.6 Å². The Morgan fingerprint density at radius 2 is 2.35 bits per heavy atom. The molecule has 88 valence electrons. The van der Waals surface area contributed by atoms with Crippen molar-refractivity contribution < 1.29 is 9.18 Å². The molecular formula is C11H11FN4O. The topological polar surface area (TPSA) is 83.8 Å². The monoisotopic (exact) mass is 234 g/mol. The zero-order valence-electron chi connectivity index (χ0n) is 8.90. The van der Waals surface area contributed by atoms with Crippen LogP contribution in [0.1, 0.15) is 16.2 Å². The molecular weight excluding hydrogens is 223 g/mol. The fraction of sp³-hybridized carbons (Fsp3) is 0.0909. The van der Waals surface area contributed by atoms with Crippen LogP contribution in [0.4, 0.5) is 10.1 Å². The number of halogens is 1. The number of nitrogens with two attached hydrogens (primary N) is 1. The summed E-state index contributed by atoms with van der Waals surface area (Å²) in [6.07, 6.45) is 3.23. The largest absolute Gasteiger partial charge is 0.396 e. The number of hydrogen-bond donors (Lipinski definition) is 3. The molecule has 0 aliphatic rings. The van der Waals surface area contributed by atoms with Gasteiger partial charge >= 0.3 is 0 Å². The minimum absolute atomic E-state index is 0.122. The van der Waals surface area contributed by atoms with Crippen LogP contribution in [0.15, 0.2) is 30.6 Å². The number of rotatable bonds is 3. The number of imidazole rings is 1. The molecule has 1 aromatic carbocycles. The number of aromatic nitrogens is 2. The smallest absolute Gasteiger partial charge is 0.253 e. The Morgan fingerprint density at radius 3 is 3.06 bits per heavy atom. The molecule has 5 nitrogen and oxygen atoms in total. The van der Waals surface area contributed by atoms with Gasteiger partial charge in [0.05, 0.1) is 17.8 Å². The third kappa shape index (κ3) is 2.41. The lowest BCUT2D eigenvalue weighted by atomic mass is 10.1. The molecule has 0 atom stereocenters. The van der Waals surface area contributed by atoms with Gasteiger partial charge in [0.15, 0.2) is 0 Å². The Balaban J connectivity index is 2.07. The predicted octanol–water partition coefficient (Wildman–Crippen LogP) is 1.06. The second kappa shape index (κ2) is 4.65. The number of carbonyl (C=O) groups is 1. The van der Waals surface area contributed by atoms with Crippen molar-refractivity contribution in [1.82, 2.24) is 15.3 Å². The summed E-state index contributed by atoms with van der Waals surface area (Å²) in [6.45, 7) is 0.238. The molecule has 0 spiro atoms. The van der Waals surface area contributed by atoms with E-state index in [-0.39, 0.29) is 17.8 Å². The van der Waals surface area contributed by atoms with Gasteiger partial charge in [-0.15, -0.1) is 0 Å². The van der Waals surface area contributed by atoms with Crippen molar-refractivity contribution in [3.63, 3.8) is 0 Å². The first-order valence-electron chi connectivity index (χ1n) is 4.99. The molecule has 4 N–H and O–H groups in total. The predicted molar refractivity (Wildman–Crippen MR) is 60.6 cm³/mol. The summed E-state index contributed by atoms with van der Waals surface area (Å²) in [7, 11) is 0. The number of anilines is 1. The van der Waals surface area contributed by atoms with Crippen LogP contribution in [0.25, 0.3) is 0 Å². The molecule has 0 radical (unpaired) electrons. The van der Waals surface area contributed by atoms with Crippen molar-refractivity contribution in [3.05, 3.63) is 47.8 Å². The first-order chi connectivity index (χ1) is 8.18. The summed E-state index contributed by atoms with van der Waals surface area (Å²) in [5.41, 5.74) is 5.45. The zero-order valence-corrected chi connectivity index (χ0v) is 8.90. The third-order valence-corrected chi connectivity index (χ3v) is 2.27. The maximum absolute atomic E-state index is 13.1. The molecule has 0 saturated heterocycles. The molecule has 1 amide bonds. The van der Waals surface area contributed by atoms with Gasteiger partial charge in [-0.3, -0.25) is 4.79 Å². The van der Waals surface area contributed by atoms with Crippen LogP contribution in [0.2, 0.25) is 0 Å². The summed E-state index contributed by atoms with van der Waals surface area (Å²) >= 11 is 0. The lowest BCUT2D eigenvalue weighted by Gasteiger charge is -2.06. The lowest BCUT2D eigenvalue weighted by Crippen LogP contribution is -2.24. The first-order valence-corrected chi connectivity index (χ1v) is 4.99. The highest BCUT2D eigenvalue weighted by molar-refractivity contribution is 5.99. The maximum Gasteiger partial charge on any atom is 0.253 e. The second-order valence-electron chi connectivity index (χ2n) is 3.42. The third-order valence-electron chi connectivity index (χ3n) is 2.27. The molecule has 0 bridgehead atoms. The number of carbonyl (C=O) groups excluding carboxylic acids is 1. The van der Waals surface area contributed by atoms with Crippen molar-refractivity contribution in [3.8, 4) is 0 Å². The maximum atomic E-state index is 13.1. The summed E-state index contributed by atoms with van der Waals surface area (Å²) in [5.74, 6) is -0.414. The molecule has 0 saturated carbocycles. The number of para-hydroxylation sites is 1. The van der Waals surface area contributed by atoms with Crippen LogP contribution in [0.3, 0.4) is 0 Å². The van der Waals surface area contributed by atoms with Gasteiger partial charge in [0, 0.05) is 12.4 Å². The number of nitrogens with zero attached hydrogens (tertiary/aromatic N) is 1. The van der Waals surface area contributed by atoms with E-state index in [2.05, 4.69) is 15.3 Å². The van der Waals surface area contributed by atoms with Crippen molar-refractivity contribution in [1.29, 1.82) is 0 Å². The van der Waals surface area contributed by atoms with Gasteiger partial charge in [-0.05, 0) is 12.1 Å². The van der Waals surface area contributed by atoms with Gasteiger partial charge in [-0.25, -0.2) is 9.37 Å². The van der Waals surface area contributed by atoms with Crippen molar-refractivity contribution in [2.45, 2.75) is 6.54 Å². The highest BCUT2D eigenvalue weighted by Crippen LogP contribution is 2.15. The average Bonchev–Trinajstić information content (AvgIpc) is 2.82. The summed E-state index contributed by atoms with van der Waals surface area (Å²) in [5, 5.41) is 2.59. The summed E-state index contributed by atoms with van der Waals surface area (Å²) in [4.78, 5) is 18.5. The molecule has 6 heteroatoms. The fourth-order valence-corrected chi connectivity index (χ4v) is 1.39. The van der Waals surface area contributed by atoms with Gasteiger partial charge < -0.3 is 16.0 Å². The minimum Gasteiger partial charge on any atom is -0.396 e. The Bertz CT molecular complexity index is 524. The van der Waals surface area contributed by atoms with Gasteiger partial charge in [0.25, 0.3) is 5.91 Å². The summed E-state index contributed by atoms with van der Waals surface area (Å²) < 4.78 is 13.1. The Morgan fingerprint density at radius 1 is 1.53 bits per heavy atom. The van der Waals surface area contributed by atoms with Gasteiger partial charge in [0.1, 0.15) is 11.6 Å². The molecule has 2 aromatic rings. The van der Waals surface area contributed by atoms with E-state index in [0.29, 0.717) is 5.82 Å². The second-order valence-corrected chi connectivity index (χ2v) is 3.42. The highest BCUT2D eigenvalue weighted by Gasteiger charge is 2.12. The highest BCUT2D eigenvalue weighted by atomic mass is 19.1. The van der Waals surface area contributed by atoms with Crippen LogP contribution in [-0.4, -0.2) is 15.9 Å². The number of nitrogen functional groups attached to an aromatic ring is 1. The number of aromatic amines is 1. The zero-order chi connectivity index (χ0) is 12.3. The van der Waals surface area contributed by atoms with Crippen molar-refractivity contribution in [2.24, 2.45) is 0 Å². The van der Waals surface area contributed by atoms with E-state index in [1.54, 1.807) is 12.4 Å². The molecule has 0 fully saturated rings. The number of hydrogen-bond acceptors (Lipinski definition) is 3. The number of H-pyrrole nitrogens is 1. The van der Waals surface area contributed by atoms with E-state index < -0.39 is 11.7 Å².